The van der Waals surface area contributed by atoms with Crippen molar-refractivity contribution in [1.29, 1.82) is 0 Å². The van der Waals surface area contributed by atoms with Gasteiger partial charge in [0.25, 0.3) is 5.91 Å². The summed E-state index contributed by atoms with van der Waals surface area (Å²) in [7, 11) is 0. The number of nitrogens with zero attached hydrogens (tertiary/aromatic N) is 3. The maximum absolute atomic E-state index is 13.2. The van der Waals surface area contributed by atoms with Gasteiger partial charge < -0.3 is 15.0 Å². The summed E-state index contributed by atoms with van der Waals surface area (Å²) >= 11 is 1.11. The predicted molar refractivity (Wildman–Crippen MR) is 110 cm³/mol. The highest BCUT2D eigenvalue weighted by molar-refractivity contribution is 7.13. The molecule has 1 aliphatic heterocycles. The number of thiazole rings is 1. The number of nitrogens with one attached hydrogen (secondary N) is 1. The lowest BCUT2D eigenvalue weighted by Crippen LogP contribution is -2.45. The lowest BCUT2D eigenvalue weighted by molar-refractivity contribution is -0.143. The van der Waals surface area contributed by atoms with Crippen LogP contribution in [0.25, 0.3) is 0 Å². The Morgan fingerprint density at radius 1 is 1.06 bits per heavy atom. The van der Waals surface area contributed by atoms with Crippen molar-refractivity contribution >= 4 is 28.3 Å². The van der Waals surface area contributed by atoms with Crippen LogP contribution < -0.4 is 5.32 Å². The molecule has 0 saturated carbocycles. The number of alkyl halides is 6. The van der Waals surface area contributed by atoms with E-state index in [0.29, 0.717) is 38.4 Å². The van der Waals surface area contributed by atoms with Crippen molar-refractivity contribution in [3.8, 4) is 0 Å². The van der Waals surface area contributed by atoms with Gasteiger partial charge in [-0.15, -0.1) is 11.3 Å². The molecule has 2 amide bonds. The van der Waals surface area contributed by atoms with Crippen LogP contribution in [0.2, 0.25) is 0 Å². The summed E-state index contributed by atoms with van der Waals surface area (Å²) in [6, 6.07) is 0.667. The SMILES string of the molecule is O=C(CN(CCN1CCOCC1)C(=O)c1cc(C(F)(F)F)cc(C(F)(F)F)c1)Nc1nccs1. The van der Waals surface area contributed by atoms with Gasteiger partial charge in [0.15, 0.2) is 5.13 Å². The van der Waals surface area contributed by atoms with Crippen LogP contribution in [0.5, 0.6) is 0 Å². The standard InChI is InChI=1S/C20H20F6N4O3S/c21-19(22,23)14-9-13(10-15(11-14)20(24,25)26)17(32)30(3-2-29-4-6-33-7-5-29)12-16(31)28-18-27-1-8-34-18/h1,8-11H,2-7,12H2,(H,27,28,31). The first-order chi connectivity index (χ1) is 15.9. The molecule has 34 heavy (non-hydrogen) atoms. The minimum Gasteiger partial charge on any atom is -0.379 e. The Labute approximate surface area is 194 Å². The first-order valence-corrected chi connectivity index (χ1v) is 10.9. The third kappa shape index (κ3) is 7.14. The van der Waals surface area contributed by atoms with Crippen LogP contribution >= 0.6 is 11.3 Å². The van der Waals surface area contributed by atoms with E-state index in [2.05, 4.69) is 10.3 Å². The van der Waals surface area contributed by atoms with Gasteiger partial charge >= 0.3 is 12.4 Å². The molecule has 1 aromatic carbocycles. The molecule has 0 aliphatic carbocycles. The monoisotopic (exact) mass is 510 g/mol. The molecule has 2 heterocycles. The Morgan fingerprint density at radius 2 is 1.68 bits per heavy atom. The second kappa shape index (κ2) is 10.7. The summed E-state index contributed by atoms with van der Waals surface area (Å²) in [5.74, 6) is -1.81. The van der Waals surface area contributed by atoms with Crippen LogP contribution in [0.4, 0.5) is 31.5 Å². The van der Waals surface area contributed by atoms with Gasteiger partial charge in [-0.25, -0.2) is 4.98 Å². The molecule has 3 rings (SSSR count). The Morgan fingerprint density at radius 3 is 2.21 bits per heavy atom. The number of halogens is 6. The van der Waals surface area contributed by atoms with Crippen LogP contribution in [-0.4, -0.2) is 72.5 Å². The van der Waals surface area contributed by atoms with E-state index in [9.17, 15) is 35.9 Å². The molecule has 14 heteroatoms. The molecule has 0 radical (unpaired) electrons. The molecule has 1 aromatic heterocycles. The molecule has 0 unspecified atom stereocenters. The van der Waals surface area contributed by atoms with Gasteiger partial charge in [0.2, 0.25) is 5.91 Å². The zero-order chi connectivity index (χ0) is 24.9. The molecule has 0 atom stereocenters. The zero-order valence-corrected chi connectivity index (χ0v) is 18.4. The molecule has 1 fully saturated rings. The minimum atomic E-state index is -5.10. The van der Waals surface area contributed by atoms with Crippen LogP contribution in [0.15, 0.2) is 29.8 Å². The van der Waals surface area contributed by atoms with E-state index in [0.717, 1.165) is 16.2 Å². The lowest BCUT2D eigenvalue weighted by Gasteiger charge is -2.30. The first-order valence-electron chi connectivity index (χ1n) is 10.0. The summed E-state index contributed by atoms with van der Waals surface area (Å²) in [6.45, 7) is 1.54. The highest BCUT2D eigenvalue weighted by Gasteiger charge is 2.38. The second-order valence-corrected chi connectivity index (χ2v) is 8.26. The normalized spacial score (nSPS) is 15.2. The highest BCUT2D eigenvalue weighted by Crippen LogP contribution is 2.36. The van der Waals surface area contributed by atoms with E-state index in [1.807, 2.05) is 4.90 Å². The fourth-order valence-corrected chi connectivity index (χ4v) is 3.76. The summed E-state index contributed by atoms with van der Waals surface area (Å²) in [6.07, 6.45) is -8.77. The van der Waals surface area contributed by atoms with Gasteiger partial charge in [0.1, 0.15) is 6.54 Å². The number of aromatic nitrogens is 1. The van der Waals surface area contributed by atoms with Crippen molar-refractivity contribution in [1.82, 2.24) is 14.8 Å². The molecule has 1 N–H and O–H groups in total. The fourth-order valence-electron chi connectivity index (χ4n) is 3.22. The second-order valence-electron chi connectivity index (χ2n) is 7.36. The Bertz CT molecular complexity index is 959. The number of rotatable bonds is 7. The van der Waals surface area contributed by atoms with E-state index >= 15 is 0 Å². The third-order valence-corrected chi connectivity index (χ3v) is 5.61. The summed E-state index contributed by atoms with van der Waals surface area (Å²) in [5.41, 5.74) is -4.02. The maximum atomic E-state index is 13.2. The van der Waals surface area contributed by atoms with E-state index in [-0.39, 0.29) is 24.3 Å². The van der Waals surface area contributed by atoms with Crippen LogP contribution in [-0.2, 0) is 21.9 Å². The number of carbonyl (C=O) groups is 2. The number of anilines is 1. The predicted octanol–water partition coefficient (Wildman–Crippen LogP) is 3.59. The van der Waals surface area contributed by atoms with Crippen molar-refractivity contribution in [2.75, 3.05) is 51.3 Å². The van der Waals surface area contributed by atoms with Crippen LogP contribution in [0.3, 0.4) is 0 Å². The molecule has 1 saturated heterocycles. The zero-order valence-electron chi connectivity index (χ0n) is 17.6. The number of hydrogen-bond acceptors (Lipinski definition) is 6. The van der Waals surface area contributed by atoms with Crippen molar-refractivity contribution < 1.29 is 40.7 Å². The van der Waals surface area contributed by atoms with E-state index < -0.39 is 47.4 Å². The highest BCUT2D eigenvalue weighted by atomic mass is 32.1. The molecule has 0 bridgehead atoms. The minimum absolute atomic E-state index is 0.0516. The van der Waals surface area contributed by atoms with Crippen LogP contribution in [0.1, 0.15) is 21.5 Å². The van der Waals surface area contributed by atoms with Gasteiger partial charge in [0, 0.05) is 43.3 Å². The average Bonchev–Trinajstić information content (AvgIpc) is 3.28. The van der Waals surface area contributed by atoms with Crippen molar-refractivity contribution in [3.63, 3.8) is 0 Å². The Balaban J connectivity index is 1.87. The molecular weight excluding hydrogens is 490 g/mol. The van der Waals surface area contributed by atoms with Gasteiger partial charge in [-0.3, -0.25) is 14.5 Å². The van der Waals surface area contributed by atoms with Crippen molar-refractivity contribution in [2.45, 2.75) is 12.4 Å². The molecule has 2 aromatic rings. The van der Waals surface area contributed by atoms with Gasteiger partial charge in [-0.05, 0) is 18.2 Å². The largest absolute Gasteiger partial charge is 0.416 e. The molecule has 186 valence electrons. The fraction of sp³-hybridized carbons (Fsp3) is 0.450. The quantitative estimate of drug-likeness (QED) is 0.577. The van der Waals surface area contributed by atoms with Gasteiger partial charge in [-0.2, -0.15) is 26.3 Å². The number of benzene rings is 1. The van der Waals surface area contributed by atoms with E-state index in [1.165, 1.54) is 6.20 Å². The van der Waals surface area contributed by atoms with Gasteiger partial charge in [-0.1, -0.05) is 0 Å². The number of amides is 2. The first kappa shape index (κ1) is 25.9. The number of carbonyl (C=O) groups excluding carboxylic acids is 2. The molecule has 1 aliphatic rings. The van der Waals surface area contributed by atoms with E-state index in [1.54, 1.807) is 5.38 Å². The Hall–Kier alpha value is -2.71. The molecular formula is C20H20F6N4O3S. The molecule has 7 nitrogen and oxygen atoms in total. The molecule has 0 spiro atoms. The summed E-state index contributed by atoms with van der Waals surface area (Å²) in [4.78, 5) is 32.2. The van der Waals surface area contributed by atoms with E-state index in [4.69, 9.17) is 4.74 Å². The number of morpholine rings is 1. The lowest BCUT2D eigenvalue weighted by atomic mass is 10.0. The van der Waals surface area contributed by atoms with Crippen LogP contribution in [0, 0.1) is 0 Å². The topological polar surface area (TPSA) is 74.8 Å². The maximum Gasteiger partial charge on any atom is 0.416 e. The van der Waals surface area contributed by atoms with Gasteiger partial charge in [0.05, 0.1) is 24.3 Å². The summed E-state index contributed by atoms with van der Waals surface area (Å²) < 4.78 is 84.6. The third-order valence-electron chi connectivity index (χ3n) is 4.92. The smallest absolute Gasteiger partial charge is 0.379 e. The summed E-state index contributed by atoms with van der Waals surface area (Å²) in [5, 5.41) is 4.28. The Kier molecular flexibility index (Phi) is 8.15. The number of hydrogen-bond donors (Lipinski definition) is 1. The average molecular weight is 510 g/mol. The van der Waals surface area contributed by atoms with Crippen molar-refractivity contribution in [3.05, 3.63) is 46.5 Å². The number of ether oxygens (including phenoxy) is 1. The van der Waals surface area contributed by atoms with Crippen molar-refractivity contribution in [2.24, 2.45) is 0 Å².